The van der Waals surface area contributed by atoms with Crippen molar-refractivity contribution in [3.05, 3.63) is 70.3 Å². The standard InChI is InChI=1S/C17H19F2N/c1-11-8-14(9-12(2)17(11)19)16(20-3)10-13-4-6-15(18)7-5-13/h4-9,16,20H,10H2,1-3H3. The van der Waals surface area contributed by atoms with E-state index in [0.29, 0.717) is 11.1 Å². The van der Waals surface area contributed by atoms with Crippen LogP contribution in [-0.2, 0) is 6.42 Å². The minimum Gasteiger partial charge on any atom is -0.313 e. The highest BCUT2D eigenvalue weighted by Gasteiger charge is 2.13. The second-order valence-electron chi connectivity index (χ2n) is 5.14. The highest BCUT2D eigenvalue weighted by Crippen LogP contribution is 2.23. The lowest BCUT2D eigenvalue weighted by Crippen LogP contribution is -2.19. The zero-order valence-corrected chi connectivity index (χ0v) is 12.0. The molecule has 0 bridgehead atoms. The van der Waals surface area contributed by atoms with E-state index in [1.54, 1.807) is 26.0 Å². The molecule has 3 heteroatoms. The molecule has 2 aromatic rings. The van der Waals surface area contributed by atoms with Crippen molar-refractivity contribution >= 4 is 0 Å². The molecule has 0 saturated heterocycles. The van der Waals surface area contributed by atoms with Crippen LogP contribution >= 0.6 is 0 Å². The molecule has 2 rings (SSSR count). The Bertz CT molecular complexity index is 567. The molecule has 0 aliphatic carbocycles. The summed E-state index contributed by atoms with van der Waals surface area (Å²) in [7, 11) is 1.88. The van der Waals surface area contributed by atoms with Crippen LogP contribution in [0.15, 0.2) is 36.4 Å². The summed E-state index contributed by atoms with van der Waals surface area (Å²) in [5.74, 6) is -0.381. The van der Waals surface area contributed by atoms with E-state index in [4.69, 9.17) is 0 Å². The fourth-order valence-electron chi connectivity index (χ4n) is 2.42. The quantitative estimate of drug-likeness (QED) is 0.886. The van der Waals surface area contributed by atoms with Crippen LogP contribution in [-0.4, -0.2) is 7.05 Å². The summed E-state index contributed by atoms with van der Waals surface area (Å²) in [5.41, 5.74) is 3.40. The van der Waals surface area contributed by atoms with Gasteiger partial charge in [0.05, 0.1) is 0 Å². The van der Waals surface area contributed by atoms with Crippen LogP contribution in [0.4, 0.5) is 8.78 Å². The molecule has 0 aliphatic heterocycles. The molecule has 0 aliphatic rings. The van der Waals surface area contributed by atoms with Gasteiger partial charge in [0.2, 0.25) is 0 Å². The van der Waals surface area contributed by atoms with E-state index < -0.39 is 0 Å². The lowest BCUT2D eigenvalue weighted by atomic mass is 9.95. The van der Waals surface area contributed by atoms with Crippen molar-refractivity contribution in [1.29, 1.82) is 0 Å². The Hall–Kier alpha value is -1.74. The van der Waals surface area contributed by atoms with Gasteiger partial charge in [-0.2, -0.15) is 0 Å². The Balaban J connectivity index is 2.26. The third kappa shape index (κ3) is 3.23. The third-order valence-corrected chi connectivity index (χ3v) is 3.56. The molecule has 1 atom stereocenters. The van der Waals surface area contributed by atoms with E-state index in [-0.39, 0.29) is 17.7 Å². The van der Waals surface area contributed by atoms with Crippen molar-refractivity contribution in [3.8, 4) is 0 Å². The molecule has 0 aromatic heterocycles. The summed E-state index contributed by atoms with van der Waals surface area (Å²) < 4.78 is 26.6. The zero-order valence-electron chi connectivity index (χ0n) is 12.0. The molecule has 1 N–H and O–H groups in total. The summed E-state index contributed by atoms with van der Waals surface area (Å²) in [4.78, 5) is 0. The van der Waals surface area contributed by atoms with Crippen LogP contribution < -0.4 is 5.32 Å². The maximum absolute atomic E-state index is 13.7. The number of rotatable bonds is 4. The van der Waals surface area contributed by atoms with Crippen molar-refractivity contribution in [1.82, 2.24) is 5.32 Å². The van der Waals surface area contributed by atoms with Crippen molar-refractivity contribution in [2.75, 3.05) is 7.05 Å². The number of nitrogens with one attached hydrogen (secondary N) is 1. The second kappa shape index (κ2) is 6.14. The molecule has 0 fully saturated rings. The van der Waals surface area contributed by atoms with Gasteiger partial charge < -0.3 is 5.32 Å². The minimum atomic E-state index is -0.233. The Morgan fingerprint density at radius 1 is 1.00 bits per heavy atom. The molecule has 0 spiro atoms. The molecule has 106 valence electrons. The molecule has 0 saturated carbocycles. The Labute approximate surface area is 118 Å². The molecular weight excluding hydrogens is 256 g/mol. The number of hydrogen-bond acceptors (Lipinski definition) is 1. The third-order valence-electron chi connectivity index (χ3n) is 3.56. The highest BCUT2D eigenvalue weighted by molar-refractivity contribution is 5.33. The first kappa shape index (κ1) is 14.7. The normalized spacial score (nSPS) is 12.4. The highest BCUT2D eigenvalue weighted by atomic mass is 19.1. The van der Waals surface area contributed by atoms with Gasteiger partial charge in [-0.25, -0.2) is 8.78 Å². The van der Waals surface area contributed by atoms with E-state index in [9.17, 15) is 8.78 Å². The van der Waals surface area contributed by atoms with Crippen molar-refractivity contribution in [3.63, 3.8) is 0 Å². The number of benzene rings is 2. The fraction of sp³-hybridized carbons (Fsp3) is 0.294. The van der Waals surface area contributed by atoms with E-state index in [1.165, 1.54) is 12.1 Å². The van der Waals surface area contributed by atoms with Crippen molar-refractivity contribution in [2.24, 2.45) is 0 Å². The van der Waals surface area contributed by atoms with Crippen LogP contribution in [0.1, 0.15) is 28.3 Å². The predicted molar refractivity (Wildman–Crippen MR) is 77.8 cm³/mol. The van der Waals surface area contributed by atoms with Crippen LogP contribution in [0.25, 0.3) is 0 Å². The maximum Gasteiger partial charge on any atom is 0.129 e. The summed E-state index contributed by atoms with van der Waals surface area (Å²) in [6.07, 6.45) is 0.737. The first-order chi connectivity index (χ1) is 9.51. The molecule has 0 radical (unpaired) electrons. The van der Waals surface area contributed by atoms with Crippen LogP contribution in [0.5, 0.6) is 0 Å². The molecule has 20 heavy (non-hydrogen) atoms. The summed E-state index contributed by atoms with van der Waals surface area (Å²) in [6.45, 7) is 3.55. The number of likely N-dealkylation sites (N-methyl/N-ethyl adjacent to an activating group) is 1. The summed E-state index contributed by atoms with van der Waals surface area (Å²) in [6, 6.07) is 10.3. The number of hydrogen-bond donors (Lipinski definition) is 1. The largest absolute Gasteiger partial charge is 0.313 e. The van der Waals surface area contributed by atoms with Gasteiger partial charge in [0.25, 0.3) is 0 Å². The van der Waals surface area contributed by atoms with Crippen molar-refractivity contribution < 1.29 is 8.78 Å². The number of halogens is 2. The predicted octanol–water partition coefficient (Wildman–Crippen LogP) is 4.08. The van der Waals surface area contributed by atoms with Gasteiger partial charge in [0.1, 0.15) is 11.6 Å². The smallest absolute Gasteiger partial charge is 0.129 e. The molecule has 0 amide bonds. The van der Waals surface area contributed by atoms with E-state index in [0.717, 1.165) is 17.5 Å². The molecule has 0 heterocycles. The molecule has 1 nitrogen and oxygen atoms in total. The summed E-state index contributed by atoms with van der Waals surface area (Å²) >= 11 is 0. The van der Waals surface area contributed by atoms with Crippen LogP contribution in [0, 0.1) is 25.5 Å². The van der Waals surface area contributed by atoms with Crippen molar-refractivity contribution in [2.45, 2.75) is 26.3 Å². The average molecular weight is 275 g/mol. The summed E-state index contributed by atoms with van der Waals surface area (Å²) in [5, 5.41) is 3.24. The monoisotopic (exact) mass is 275 g/mol. The Morgan fingerprint density at radius 2 is 1.55 bits per heavy atom. The van der Waals surface area contributed by atoms with Gasteiger partial charge in [-0.05, 0) is 61.7 Å². The maximum atomic E-state index is 13.7. The average Bonchev–Trinajstić information content (AvgIpc) is 2.43. The van der Waals surface area contributed by atoms with Gasteiger partial charge in [-0.3, -0.25) is 0 Å². The Kier molecular flexibility index (Phi) is 4.50. The SMILES string of the molecule is CNC(Cc1ccc(F)cc1)c1cc(C)c(F)c(C)c1. The lowest BCUT2D eigenvalue weighted by Gasteiger charge is -2.18. The minimum absolute atomic E-state index is 0.0819. The fourth-order valence-corrected chi connectivity index (χ4v) is 2.42. The van der Waals surface area contributed by atoms with E-state index >= 15 is 0 Å². The topological polar surface area (TPSA) is 12.0 Å². The van der Waals surface area contributed by atoms with Gasteiger partial charge in [0, 0.05) is 6.04 Å². The Morgan fingerprint density at radius 3 is 2.05 bits per heavy atom. The van der Waals surface area contributed by atoms with Gasteiger partial charge in [0.15, 0.2) is 0 Å². The molecular formula is C17H19F2N. The first-order valence-electron chi connectivity index (χ1n) is 6.69. The van der Waals surface area contributed by atoms with Gasteiger partial charge in [-0.1, -0.05) is 24.3 Å². The van der Waals surface area contributed by atoms with E-state index in [2.05, 4.69) is 5.32 Å². The second-order valence-corrected chi connectivity index (χ2v) is 5.14. The molecule has 1 unspecified atom stereocenters. The van der Waals surface area contributed by atoms with Crippen LogP contribution in [0.3, 0.4) is 0 Å². The van der Waals surface area contributed by atoms with Gasteiger partial charge >= 0.3 is 0 Å². The van der Waals surface area contributed by atoms with E-state index in [1.807, 2.05) is 19.2 Å². The van der Waals surface area contributed by atoms with Gasteiger partial charge in [-0.15, -0.1) is 0 Å². The zero-order chi connectivity index (χ0) is 14.7. The lowest BCUT2D eigenvalue weighted by molar-refractivity contribution is 0.577. The first-order valence-corrected chi connectivity index (χ1v) is 6.69. The number of aryl methyl sites for hydroxylation is 2. The van der Waals surface area contributed by atoms with Crippen LogP contribution in [0.2, 0.25) is 0 Å². The molecule has 2 aromatic carbocycles.